The smallest absolute Gasteiger partial charge is 0.146 e. The number of hydrogen-bond acceptors (Lipinski definition) is 9. The Morgan fingerprint density at radius 3 is 1.69 bits per heavy atom. The number of pyridine rings is 6. The molecule has 1 aliphatic carbocycles. The Kier molecular flexibility index (Phi) is 7.73. The van der Waals surface area contributed by atoms with Crippen molar-refractivity contribution in [3.63, 3.8) is 0 Å². The Labute approximate surface area is 402 Å². The van der Waals surface area contributed by atoms with Gasteiger partial charge in [0.2, 0.25) is 0 Å². The molecule has 10 heterocycles. The highest BCUT2D eigenvalue weighted by molar-refractivity contribution is 6.16. The quantitative estimate of drug-likeness (QED) is 0.166. The molecule has 71 heavy (non-hydrogen) atoms. The third-order valence-corrected chi connectivity index (χ3v) is 14.6. The number of aromatic nitrogens is 7. The number of benzene rings is 5. The number of fused-ring (bicyclic) bond motifs is 15. The van der Waals surface area contributed by atoms with E-state index in [4.69, 9.17) is 18.2 Å². The first kappa shape index (κ1) is 38.2. The van der Waals surface area contributed by atoms with Crippen molar-refractivity contribution in [2.45, 2.75) is 6.42 Å². The van der Waals surface area contributed by atoms with Crippen molar-refractivity contribution in [3.05, 3.63) is 201 Å². The summed E-state index contributed by atoms with van der Waals surface area (Å²) in [7, 11) is 0. The second kappa shape index (κ2) is 14.4. The van der Waals surface area contributed by atoms with Crippen molar-refractivity contribution < 1.29 is 13.3 Å². The molecule has 16 rings (SSSR count). The maximum atomic E-state index is 7.01. The zero-order valence-electron chi connectivity index (χ0n) is 37.5. The number of hydrogen-bond donors (Lipinski definition) is 0. The highest BCUT2D eigenvalue weighted by Crippen LogP contribution is 2.47. The molecular weight excluding hydrogens is 879 g/mol. The maximum Gasteiger partial charge on any atom is 0.146 e. The van der Waals surface area contributed by atoms with Gasteiger partial charge in [0.05, 0.1) is 11.0 Å². The standard InChI is InChI=1S/C61H33N7O3/c1-2-7-54-39(6-1)41-21-36(47-26-66-32-53-51-30-64-17-14-58(51)71-61(47)53)8-10-55(41)68(54)38-22-43-42-19-34(33-4-3-5-35(18-33)46-25-65-31-52-50-29-63-16-13-57(50)70-60(46)52)9-11-56(42)69-59(43)44(23-38)48-27-67-28-49-40(48)20-37-12-15-62-24-45(37)49/h1-19,21-32H,20H2. The van der Waals surface area contributed by atoms with Gasteiger partial charge in [0, 0.05) is 157 Å². The first-order valence-corrected chi connectivity index (χ1v) is 23.4. The molecule has 0 aliphatic heterocycles. The van der Waals surface area contributed by atoms with Gasteiger partial charge in [-0.05, 0) is 107 Å². The van der Waals surface area contributed by atoms with Crippen LogP contribution in [0.25, 0.3) is 149 Å². The zero-order valence-corrected chi connectivity index (χ0v) is 37.5. The molecule has 5 aromatic carbocycles. The third kappa shape index (κ3) is 5.52. The molecule has 0 fully saturated rings. The van der Waals surface area contributed by atoms with Gasteiger partial charge < -0.3 is 17.8 Å². The minimum atomic E-state index is 0.771. The summed E-state index contributed by atoms with van der Waals surface area (Å²) in [5.41, 5.74) is 20.6. The van der Waals surface area contributed by atoms with E-state index in [1.165, 1.54) is 11.1 Å². The minimum Gasteiger partial charge on any atom is -0.455 e. The monoisotopic (exact) mass is 911 g/mol. The van der Waals surface area contributed by atoms with Gasteiger partial charge in [0.1, 0.15) is 33.5 Å². The molecule has 330 valence electrons. The van der Waals surface area contributed by atoms with E-state index in [-0.39, 0.29) is 0 Å². The Morgan fingerprint density at radius 2 is 0.901 bits per heavy atom. The molecule has 0 radical (unpaired) electrons. The van der Waals surface area contributed by atoms with Gasteiger partial charge in [-0.3, -0.25) is 29.9 Å². The van der Waals surface area contributed by atoms with Crippen LogP contribution in [0.2, 0.25) is 0 Å². The van der Waals surface area contributed by atoms with Crippen molar-refractivity contribution in [2.24, 2.45) is 0 Å². The summed E-state index contributed by atoms with van der Waals surface area (Å²) in [6, 6.07) is 40.8. The molecule has 1 aliphatic rings. The lowest BCUT2D eigenvalue weighted by Gasteiger charge is -2.14. The zero-order chi connectivity index (χ0) is 46.3. The SMILES string of the molecule is c1cc(-c2ccc3oc4c(-c5cncc6c5Cc5ccncc5-6)cc(-n5c6ccccc6c6cc(-c7cncc8c7oc7ccncc78)ccc65)cc4c3c2)cc(-c2cncc3c2oc2ccncc23)c1. The molecule has 0 N–H and O–H groups in total. The first-order chi connectivity index (χ1) is 35.2. The number of nitrogens with zero attached hydrogens (tertiary/aromatic N) is 7. The second-order valence-electron chi connectivity index (χ2n) is 18.3. The molecule has 0 spiro atoms. The van der Waals surface area contributed by atoms with Crippen molar-refractivity contribution in [2.75, 3.05) is 0 Å². The van der Waals surface area contributed by atoms with E-state index in [2.05, 4.69) is 133 Å². The van der Waals surface area contributed by atoms with Crippen LogP contribution in [-0.4, -0.2) is 34.5 Å². The van der Waals surface area contributed by atoms with E-state index in [9.17, 15) is 0 Å². The fraction of sp³-hybridized carbons (Fsp3) is 0.0164. The Hall–Kier alpha value is -9.80. The predicted octanol–water partition coefficient (Wildman–Crippen LogP) is 15.1. The summed E-state index contributed by atoms with van der Waals surface area (Å²) in [5.74, 6) is 0. The number of rotatable bonds is 5. The van der Waals surface area contributed by atoms with Crippen LogP contribution in [0.1, 0.15) is 11.1 Å². The van der Waals surface area contributed by atoms with E-state index in [0.717, 1.165) is 155 Å². The van der Waals surface area contributed by atoms with Crippen LogP contribution >= 0.6 is 0 Å². The number of para-hydroxylation sites is 1. The van der Waals surface area contributed by atoms with Gasteiger partial charge in [-0.1, -0.05) is 48.5 Å². The van der Waals surface area contributed by atoms with Gasteiger partial charge in [0.15, 0.2) is 0 Å². The molecule has 10 heteroatoms. The van der Waals surface area contributed by atoms with Crippen LogP contribution in [0.15, 0.2) is 203 Å². The fourth-order valence-corrected chi connectivity index (χ4v) is 11.3. The average Bonchev–Trinajstić information content (AvgIpc) is 4.26. The summed E-state index contributed by atoms with van der Waals surface area (Å²) < 4.78 is 22.3. The van der Waals surface area contributed by atoms with Gasteiger partial charge in [-0.15, -0.1) is 0 Å². The van der Waals surface area contributed by atoms with Gasteiger partial charge in [-0.25, -0.2) is 0 Å². The lowest BCUT2D eigenvalue weighted by Crippen LogP contribution is -1.97. The predicted molar refractivity (Wildman–Crippen MR) is 279 cm³/mol. The number of furan rings is 3. The molecule has 10 aromatic heterocycles. The summed E-state index contributed by atoms with van der Waals surface area (Å²) in [5, 5.41) is 8.03. The van der Waals surface area contributed by atoms with E-state index in [1.807, 2.05) is 74.1 Å². The lowest BCUT2D eigenvalue weighted by atomic mass is 9.95. The summed E-state index contributed by atoms with van der Waals surface area (Å²) in [6.07, 6.45) is 23.2. The van der Waals surface area contributed by atoms with Gasteiger partial charge >= 0.3 is 0 Å². The average molecular weight is 912 g/mol. The lowest BCUT2D eigenvalue weighted by molar-refractivity contribution is 0.668. The minimum absolute atomic E-state index is 0.771. The van der Waals surface area contributed by atoms with Crippen molar-refractivity contribution in [1.29, 1.82) is 0 Å². The normalized spacial score (nSPS) is 12.5. The molecular formula is C61H33N7O3. The third-order valence-electron chi connectivity index (χ3n) is 14.6. The summed E-state index contributed by atoms with van der Waals surface area (Å²) in [6.45, 7) is 0. The molecule has 0 saturated heterocycles. The molecule has 10 nitrogen and oxygen atoms in total. The van der Waals surface area contributed by atoms with Crippen LogP contribution in [0.5, 0.6) is 0 Å². The maximum absolute atomic E-state index is 7.01. The first-order valence-electron chi connectivity index (χ1n) is 23.4. The molecule has 0 saturated carbocycles. The van der Waals surface area contributed by atoms with Crippen LogP contribution in [-0.2, 0) is 6.42 Å². The largest absolute Gasteiger partial charge is 0.455 e. The van der Waals surface area contributed by atoms with Crippen LogP contribution in [0.3, 0.4) is 0 Å². The van der Waals surface area contributed by atoms with E-state index in [0.29, 0.717) is 0 Å². The van der Waals surface area contributed by atoms with E-state index >= 15 is 0 Å². The fourth-order valence-electron chi connectivity index (χ4n) is 11.3. The van der Waals surface area contributed by atoms with Crippen LogP contribution < -0.4 is 0 Å². The molecule has 0 bridgehead atoms. The highest BCUT2D eigenvalue weighted by Gasteiger charge is 2.26. The molecule has 0 atom stereocenters. The van der Waals surface area contributed by atoms with Crippen LogP contribution in [0.4, 0.5) is 0 Å². The van der Waals surface area contributed by atoms with Gasteiger partial charge in [-0.2, -0.15) is 0 Å². The van der Waals surface area contributed by atoms with Crippen molar-refractivity contribution in [3.8, 4) is 61.3 Å². The molecule has 0 unspecified atom stereocenters. The van der Waals surface area contributed by atoms with Crippen LogP contribution in [0, 0.1) is 0 Å². The Bertz CT molecular complexity index is 4770. The highest BCUT2D eigenvalue weighted by atomic mass is 16.3. The van der Waals surface area contributed by atoms with Gasteiger partial charge in [0.25, 0.3) is 0 Å². The molecule has 0 amide bonds. The topological polar surface area (TPSA) is 122 Å². The Balaban J connectivity index is 0.911. The van der Waals surface area contributed by atoms with Crippen molar-refractivity contribution >= 4 is 87.6 Å². The van der Waals surface area contributed by atoms with Crippen molar-refractivity contribution in [1.82, 2.24) is 34.5 Å². The van der Waals surface area contributed by atoms with E-state index in [1.54, 1.807) is 12.4 Å². The summed E-state index contributed by atoms with van der Waals surface area (Å²) >= 11 is 0. The summed E-state index contributed by atoms with van der Waals surface area (Å²) in [4.78, 5) is 27.4. The Morgan fingerprint density at radius 1 is 0.338 bits per heavy atom. The second-order valence-corrected chi connectivity index (χ2v) is 18.3. The van der Waals surface area contributed by atoms with E-state index < -0.39 is 0 Å². The molecule has 15 aromatic rings.